The summed E-state index contributed by atoms with van der Waals surface area (Å²) >= 11 is 0. The van der Waals surface area contributed by atoms with Crippen LogP contribution in [-0.2, 0) is 6.42 Å². The zero-order valence-corrected chi connectivity index (χ0v) is 11.9. The third-order valence-corrected chi connectivity index (χ3v) is 2.75. The first kappa shape index (κ1) is 15.0. The number of hydrogen-bond donors (Lipinski definition) is 2. The fourth-order valence-corrected chi connectivity index (χ4v) is 1.72. The number of aryl methyl sites for hydroxylation is 1. The van der Waals surface area contributed by atoms with E-state index in [0.717, 1.165) is 30.5 Å². The summed E-state index contributed by atoms with van der Waals surface area (Å²) < 4.78 is 0. The number of amidine groups is 1. The molecule has 1 aromatic carbocycles. The molecular formula is C16H23N3. The van der Waals surface area contributed by atoms with Crippen molar-refractivity contribution in [2.24, 2.45) is 10.8 Å². The minimum Gasteiger partial charge on any atom is -0.386 e. The molecule has 0 fully saturated rings. The fraction of sp³-hybridized carbons (Fsp3) is 0.312. The second-order valence-corrected chi connectivity index (χ2v) is 4.80. The molecule has 102 valence electrons. The van der Waals surface area contributed by atoms with Crippen molar-refractivity contribution in [3.05, 3.63) is 54.2 Å². The number of hydrazone groups is 1. The van der Waals surface area contributed by atoms with Gasteiger partial charge in [-0.05, 0) is 44.2 Å². The molecule has 0 aliphatic carbocycles. The molecule has 0 bridgehead atoms. The summed E-state index contributed by atoms with van der Waals surface area (Å²) in [5.74, 6) is 0.510. The molecule has 0 spiro atoms. The molecule has 0 saturated carbocycles. The van der Waals surface area contributed by atoms with E-state index in [1.54, 1.807) is 6.92 Å². The smallest absolute Gasteiger partial charge is 0.116 e. The second-order valence-electron chi connectivity index (χ2n) is 4.80. The van der Waals surface area contributed by atoms with E-state index < -0.39 is 0 Å². The first-order valence-electron chi connectivity index (χ1n) is 6.47. The van der Waals surface area contributed by atoms with Crippen LogP contribution in [0.25, 0.3) is 5.57 Å². The molecule has 3 heteroatoms. The standard InChI is InChI=1S/C16H23N3/c1-12(2)16-10-6-9-15(11-16)8-5-7-13(3)18-19-14(4)17/h6,9-11,18H,1,3,5,7-8H2,2,4H3,(H2,17,19). The van der Waals surface area contributed by atoms with E-state index in [1.807, 2.05) is 6.92 Å². The van der Waals surface area contributed by atoms with Gasteiger partial charge in [-0.2, -0.15) is 5.10 Å². The van der Waals surface area contributed by atoms with Gasteiger partial charge in [0.15, 0.2) is 0 Å². The largest absolute Gasteiger partial charge is 0.386 e. The van der Waals surface area contributed by atoms with Crippen LogP contribution in [0.5, 0.6) is 0 Å². The van der Waals surface area contributed by atoms with Crippen LogP contribution in [0.2, 0.25) is 0 Å². The topological polar surface area (TPSA) is 50.4 Å². The van der Waals surface area contributed by atoms with E-state index in [9.17, 15) is 0 Å². The Bertz CT molecular complexity index is 483. The van der Waals surface area contributed by atoms with Gasteiger partial charge in [-0.25, -0.2) is 0 Å². The predicted octanol–water partition coefficient (Wildman–Crippen LogP) is 3.44. The molecule has 0 atom stereocenters. The highest BCUT2D eigenvalue weighted by Gasteiger charge is 1.98. The maximum absolute atomic E-state index is 5.44. The van der Waals surface area contributed by atoms with Crippen LogP contribution in [-0.4, -0.2) is 5.84 Å². The quantitative estimate of drug-likeness (QED) is 0.446. The molecule has 3 nitrogen and oxygen atoms in total. The van der Waals surface area contributed by atoms with Crippen molar-refractivity contribution in [3.8, 4) is 0 Å². The number of nitrogens with one attached hydrogen (secondary N) is 1. The lowest BCUT2D eigenvalue weighted by Gasteiger charge is -2.07. The molecule has 0 aromatic heterocycles. The highest BCUT2D eigenvalue weighted by molar-refractivity contribution is 5.77. The molecule has 0 heterocycles. The molecular weight excluding hydrogens is 234 g/mol. The average molecular weight is 257 g/mol. The fourth-order valence-electron chi connectivity index (χ4n) is 1.72. The van der Waals surface area contributed by atoms with E-state index in [-0.39, 0.29) is 0 Å². The Kier molecular flexibility index (Phi) is 5.86. The van der Waals surface area contributed by atoms with Gasteiger partial charge in [0, 0.05) is 5.70 Å². The van der Waals surface area contributed by atoms with Crippen molar-refractivity contribution in [2.75, 3.05) is 0 Å². The van der Waals surface area contributed by atoms with Crippen molar-refractivity contribution >= 4 is 11.4 Å². The number of benzene rings is 1. The molecule has 3 N–H and O–H groups in total. The third kappa shape index (κ3) is 5.91. The van der Waals surface area contributed by atoms with Crippen molar-refractivity contribution < 1.29 is 0 Å². The van der Waals surface area contributed by atoms with Gasteiger partial charge in [-0.1, -0.05) is 43.0 Å². The van der Waals surface area contributed by atoms with Gasteiger partial charge in [-0.15, -0.1) is 0 Å². The van der Waals surface area contributed by atoms with Crippen LogP contribution in [0.4, 0.5) is 0 Å². The SMILES string of the molecule is C=C(CCCc1cccc(C(=C)C)c1)N/N=C(\C)N. The summed E-state index contributed by atoms with van der Waals surface area (Å²) in [5, 5.41) is 3.92. The summed E-state index contributed by atoms with van der Waals surface area (Å²) in [6, 6.07) is 8.51. The predicted molar refractivity (Wildman–Crippen MR) is 83.7 cm³/mol. The van der Waals surface area contributed by atoms with Crippen LogP contribution in [0.15, 0.2) is 48.2 Å². The Morgan fingerprint density at radius 1 is 1.32 bits per heavy atom. The third-order valence-electron chi connectivity index (χ3n) is 2.75. The normalized spacial score (nSPS) is 11.2. The van der Waals surface area contributed by atoms with Gasteiger partial charge in [0.05, 0.1) is 0 Å². The van der Waals surface area contributed by atoms with Gasteiger partial charge in [-0.3, -0.25) is 5.43 Å². The maximum atomic E-state index is 5.44. The summed E-state index contributed by atoms with van der Waals surface area (Å²) in [6.45, 7) is 11.6. The Hall–Kier alpha value is -2.03. The van der Waals surface area contributed by atoms with Crippen LogP contribution in [0.1, 0.15) is 37.8 Å². The van der Waals surface area contributed by atoms with Gasteiger partial charge < -0.3 is 5.73 Å². The van der Waals surface area contributed by atoms with E-state index in [2.05, 4.69) is 48.0 Å². The molecule has 0 amide bonds. The van der Waals surface area contributed by atoms with E-state index >= 15 is 0 Å². The molecule has 1 aromatic rings. The highest BCUT2D eigenvalue weighted by Crippen LogP contribution is 2.15. The summed E-state index contributed by atoms with van der Waals surface area (Å²) in [4.78, 5) is 0. The van der Waals surface area contributed by atoms with Crippen LogP contribution < -0.4 is 11.2 Å². The minimum absolute atomic E-state index is 0.510. The lowest BCUT2D eigenvalue weighted by molar-refractivity contribution is 0.738. The van der Waals surface area contributed by atoms with E-state index in [1.165, 1.54) is 11.1 Å². The van der Waals surface area contributed by atoms with E-state index in [4.69, 9.17) is 5.73 Å². The lowest BCUT2D eigenvalue weighted by atomic mass is 10.0. The van der Waals surface area contributed by atoms with Crippen molar-refractivity contribution in [3.63, 3.8) is 0 Å². The zero-order chi connectivity index (χ0) is 14.3. The van der Waals surface area contributed by atoms with Crippen LogP contribution in [0, 0.1) is 0 Å². The Labute approximate surface area is 115 Å². The number of nitrogens with zero attached hydrogens (tertiary/aromatic N) is 1. The molecule has 0 aliphatic rings. The minimum atomic E-state index is 0.510. The van der Waals surface area contributed by atoms with Gasteiger partial charge in [0.2, 0.25) is 0 Å². The van der Waals surface area contributed by atoms with Crippen molar-refractivity contribution in [1.29, 1.82) is 0 Å². The molecule has 0 unspecified atom stereocenters. The Morgan fingerprint density at radius 2 is 2.05 bits per heavy atom. The van der Waals surface area contributed by atoms with Crippen LogP contribution >= 0.6 is 0 Å². The summed E-state index contributed by atoms with van der Waals surface area (Å²) in [6.07, 6.45) is 2.94. The van der Waals surface area contributed by atoms with Gasteiger partial charge >= 0.3 is 0 Å². The molecule has 0 aliphatic heterocycles. The first-order chi connectivity index (χ1) is 8.99. The van der Waals surface area contributed by atoms with Gasteiger partial charge in [0.25, 0.3) is 0 Å². The van der Waals surface area contributed by atoms with Crippen molar-refractivity contribution in [2.45, 2.75) is 33.1 Å². The molecule has 1 rings (SSSR count). The van der Waals surface area contributed by atoms with E-state index in [0.29, 0.717) is 5.84 Å². The highest BCUT2D eigenvalue weighted by atomic mass is 15.3. The zero-order valence-electron chi connectivity index (χ0n) is 11.9. The number of hydrogen-bond acceptors (Lipinski definition) is 2. The Balaban J connectivity index is 2.41. The summed E-state index contributed by atoms with van der Waals surface area (Å²) in [7, 11) is 0. The Morgan fingerprint density at radius 3 is 2.68 bits per heavy atom. The lowest BCUT2D eigenvalue weighted by Crippen LogP contribution is -2.13. The van der Waals surface area contributed by atoms with Crippen LogP contribution in [0.3, 0.4) is 0 Å². The number of nitrogens with two attached hydrogens (primary N) is 1. The average Bonchev–Trinajstić information content (AvgIpc) is 2.36. The summed E-state index contributed by atoms with van der Waals surface area (Å²) in [5.41, 5.74) is 12.8. The second kappa shape index (κ2) is 7.41. The molecule has 19 heavy (non-hydrogen) atoms. The van der Waals surface area contributed by atoms with Gasteiger partial charge in [0.1, 0.15) is 5.84 Å². The first-order valence-corrected chi connectivity index (χ1v) is 6.47. The maximum Gasteiger partial charge on any atom is 0.116 e. The van der Waals surface area contributed by atoms with Crippen molar-refractivity contribution in [1.82, 2.24) is 5.43 Å². The number of allylic oxidation sites excluding steroid dienone is 2. The monoisotopic (exact) mass is 257 g/mol. The molecule has 0 radical (unpaired) electrons. The molecule has 0 saturated heterocycles. The number of rotatable bonds is 7.